The van der Waals surface area contributed by atoms with Crippen LogP contribution in [0.15, 0.2) is 18.3 Å². The van der Waals surface area contributed by atoms with Crippen LogP contribution < -0.4 is 5.32 Å². The number of hydrogen-bond acceptors (Lipinski definition) is 3. The Morgan fingerprint density at radius 3 is 3.12 bits per heavy atom. The first-order valence-corrected chi connectivity index (χ1v) is 6.55. The minimum atomic E-state index is -0.0767. The smallest absolute Gasteiger partial charge is 0.0570 e. The van der Waals surface area contributed by atoms with Crippen molar-refractivity contribution in [2.45, 2.75) is 45.3 Å². The first kappa shape index (κ1) is 12.5. The lowest BCUT2D eigenvalue weighted by molar-refractivity contribution is 0.101. The summed E-state index contributed by atoms with van der Waals surface area (Å²) < 4.78 is 0. The second-order valence-electron chi connectivity index (χ2n) is 5.08. The molecule has 1 fully saturated rings. The molecule has 17 heavy (non-hydrogen) atoms. The molecular weight excluding hydrogens is 212 g/mol. The molecule has 2 rings (SSSR count). The zero-order chi connectivity index (χ0) is 12.1. The van der Waals surface area contributed by atoms with Crippen LogP contribution in [0.4, 0.5) is 0 Å². The van der Waals surface area contributed by atoms with Crippen LogP contribution in [0.5, 0.6) is 0 Å². The Hall–Kier alpha value is -0.930. The molecule has 3 heteroatoms. The predicted molar refractivity (Wildman–Crippen MR) is 68.6 cm³/mol. The Balaban J connectivity index is 1.74. The average Bonchev–Trinajstić information content (AvgIpc) is 2.32. The van der Waals surface area contributed by atoms with Gasteiger partial charge in [0.25, 0.3) is 0 Å². The van der Waals surface area contributed by atoms with E-state index in [2.05, 4.69) is 23.3 Å². The van der Waals surface area contributed by atoms with Crippen molar-refractivity contribution in [2.75, 3.05) is 6.54 Å². The number of aliphatic hydroxyl groups excluding tert-OH is 1. The van der Waals surface area contributed by atoms with Gasteiger partial charge in [-0.25, -0.2) is 0 Å². The van der Waals surface area contributed by atoms with Crippen molar-refractivity contribution in [2.24, 2.45) is 5.92 Å². The molecule has 0 saturated heterocycles. The summed E-state index contributed by atoms with van der Waals surface area (Å²) >= 11 is 0. The summed E-state index contributed by atoms with van der Waals surface area (Å²) in [5.74, 6) is 0.628. The molecule has 0 spiro atoms. The summed E-state index contributed by atoms with van der Waals surface area (Å²) in [6, 6.07) is 4.06. The molecule has 2 unspecified atom stereocenters. The fourth-order valence-corrected chi connectivity index (χ4v) is 2.55. The number of nitrogens with one attached hydrogen (secondary N) is 1. The monoisotopic (exact) mass is 234 g/mol. The molecule has 1 heterocycles. The Bertz CT molecular complexity index is 354. The topological polar surface area (TPSA) is 45.2 Å². The summed E-state index contributed by atoms with van der Waals surface area (Å²) in [4.78, 5) is 4.36. The highest BCUT2D eigenvalue weighted by Crippen LogP contribution is 2.23. The van der Waals surface area contributed by atoms with E-state index >= 15 is 0 Å². The van der Waals surface area contributed by atoms with Gasteiger partial charge in [0.2, 0.25) is 0 Å². The van der Waals surface area contributed by atoms with E-state index in [9.17, 15) is 5.11 Å². The van der Waals surface area contributed by atoms with Crippen LogP contribution in [0.3, 0.4) is 0 Å². The number of rotatable bonds is 4. The van der Waals surface area contributed by atoms with Gasteiger partial charge in [-0.2, -0.15) is 0 Å². The lowest BCUT2D eigenvalue weighted by atomic mass is 9.87. The third kappa shape index (κ3) is 3.79. The molecule has 1 aliphatic rings. The standard InChI is InChI=1S/C14H22N2O/c1-11-4-3-7-16-14(11)10-15-9-12-5-2-6-13(17)8-12/h3-4,7,12-13,15,17H,2,5-6,8-10H2,1H3. The van der Waals surface area contributed by atoms with Crippen molar-refractivity contribution in [1.82, 2.24) is 10.3 Å². The second kappa shape index (κ2) is 6.12. The summed E-state index contributed by atoms with van der Waals surface area (Å²) in [5, 5.41) is 13.1. The van der Waals surface area contributed by atoms with Crippen LogP contribution in [-0.2, 0) is 6.54 Å². The molecule has 2 atom stereocenters. The van der Waals surface area contributed by atoms with Crippen LogP contribution in [0.2, 0.25) is 0 Å². The van der Waals surface area contributed by atoms with Gasteiger partial charge in [-0.3, -0.25) is 4.98 Å². The Morgan fingerprint density at radius 2 is 2.35 bits per heavy atom. The maximum Gasteiger partial charge on any atom is 0.0570 e. The Labute approximate surface area is 103 Å². The van der Waals surface area contributed by atoms with Crippen molar-refractivity contribution >= 4 is 0 Å². The van der Waals surface area contributed by atoms with Crippen LogP contribution in [0.1, 0.15) is 36.9 Å². The fourth-order valence-electron chi connectivity index (χ4n) is 2.55. The van der Waals surface area contributed by atoms with Gasteiger partial charge in [0.05, 0.1) is 11.8 Å². The quantitative estimate of drug-likeness (QED) is 0.838. The maximum atomic E-state index is 9.60. The summed E-state index contributed by atoms with van der Waals surface area (Å²) in [5.41, 5.74) is 2.37. The molecule has 0 radical (unpaired) electrons. The maximum absolute atomic E-state index is 9.60. The number of nitrogens with zero attached hydrogens (tertiary/aromatic N) is 1. The van der Waals surface area contributed by atoms with E-state index in [1.807, 2.05) is 12.3 Å². The minimum absolute atomic E-state index is 0.0767. The van der Waals surface area contributed by atoms with Gasteiger partial charge in [-0.1, -0.05) is 12.5 Å². The highest BCUT2D eigenvalue weighted by Gasteiger charge is 2.19. The van der Waals surface area contributed by atoms with Gasteiger partial charge in [0.1, 0.15) is 0 Å². The summed E-state index contributed by atoms with van der Waals surface area (Å²) in [7, 11) is 0. The van der Waals surface area contributed by atoms with Gasteiger partial charge in [0.15, 0.2) is 0 Å². The van der Waals surface area contributed by atoms with Crippen LogP contribution >= 0.6 is 0 Å². The van der Waals surface area contributed by atoms with Crippen molar-refractivity contribution < 1.29 is 5.11 Å². The number of aliphatic hydroxyl groups is 1. The summed E-state index contributed by atoms with van der Waals surface area (Å²) in [6.45, 7) is 3.92. The number of aromatic nitrogens is 1. The lowest BCUT2D eigenvalue weighted by Crippen LogP contribution is -2.29. The zero-order valence-corrected chi connectivity index (χ0v) is 10.5. The molecule has 1 saturated carbocycles. The van der Waals surface area contributed by atoms with E-state index in [4.69, 9.17) is 0 Å². The number of aryl methyl sites for hydroxylation is 1. The molecule has 1 aromatic rings. The molecule has 2 N–H and O–H groups in total. The van der Waals surface area contributed by atoms with Gasteiger partial charge >= 0.3 is 0 Å². The normalized spacial score (nSPS) is 24.8. The van der Waals surface area contributed by atoms with Crippen LogP contribution in [-0.4, -0.2) is 22.7 Å². The molecule has 1 aliphatic carbocycles. The third-order valence-corrected chi connectivity index (χ3v) is 3.60. The van der Waals surface area contributed by atoms with Crippen molar-refractivity contribution in [3.63, 3.8) is 0 Å². The van der Waals surface area contributed by atoms with Gasteiger partial charge in [0, 0.05) is 12.7 Å². The molecule has 94 valence electrons. The van der Waals surface area contributed by atoms with Crippen LogP contribution in [0.25, 0.3) is 0 Å². The molecule has 1 aromatic heterocycles. The highest BCUT2D eigenvalue weighted by molar-refractivity contribution is 5.17. The van der Waals surface area contributed by atoms with Crippen LogP contribution in [0, 0.1) is 12.8 Å². The van der Waals surface area contributed by atoms with E-state index in [1.165, 1.54) is 12.0 Å². The molecular formula is C14H22N2O. The fraction of sp³-hybridized carbons (Fsp3) is 0.643. The van der Waals surface area contributed by atoms with Crippen molar-refractivity contribution in [3.8, 4) is 0 Å². The Kier molecular flexibility index (Phi) is 4.51. The van der Waals surface area contributed by atoms with Crippen molar-refractivity contribution in [3.05, 3.63) is 29.6 Å². The number of hydrogen-bond donors (Lipinski definition) is 2. The average molecular weight is 234 g/mol. The van der Waals surface area contributed by atoms with E-state index in [0.717, 1.165) is 38.0 Å². The van der Waals surface area contributed by atoms with E-state index in [0.29, 0.717) is 5.92 Å². The highest BCUT2D eigenvalue weighted by atomic mass is 16.3. The first-order valence-electron chi connectivity index (χ1n) is 6.55. The molecule has 0 amide bonds. The van der Waals surface area contributed by atoms with Gasteiger partial charge < -0.3 is 10.4 Å². The van der Waals surface area contributed by atoms with E-state index in [-0.39, 0.29) is 6.10 Å². The molecule has 3 nitrogen and oxygen atoms in total. The molecule has 0 aliphatic heterocycles. The van der Waals surface area contributed by atoms with Gasteiger partial charge in [-0.15, -0.1) is 0 Å². The molecule has 0 aromatic carbocycles. The molecule has 0 bridgehead atoms. The third-order valence-electron chi connectivity index (χ3n) is 3.60. The van der Waals surface area contributed by atoms with Crippen molar-refractivity contribution in [1.29, 1.82) is 0 Å². The summed E-state index contributed by atoms with van der Waals surface area (Å²) in [6.07, 6.45) is 6.10. The van der Waals surface area contributed by atoms with Gasteiger partial charge in [-0.05, 0) is 50.3 Å². The number of pyridine rings is 1. The zero-order valence-electron chi connectivity index (χ0n) is 10.5. The lowest BCUT2D eigenvalue weighted by Gasteiger charge is -2.26. The Morgan fingerprint density at radius 1 is 1.47 bits per heavy atom. The van der Waals surface area contributed by atoms with E-state index in [1.54, 1.807) is 0 Å². The first-order chi connectivity index (χ1) is 8.25. The SMILES string of the molecule is Cc1cccnc1CNCC1CCCC(O)C1. The minimum Gasteiger partial charge on any atom is -0.393 e. The second-order valence-corrected chi connectivity index (χ2v) is 5.08. The van der Waals surface area contributed by atoms with E-state index < -0.39 is 0 Å². The largest absolute Gasteiger partial charge is 0.393 e. The predicted octanol–water partition coefficient (Wildman–Crippen LogP) is 2.03.